The van der Waals surface area contributed by atoms with Crippen molar-refractivity contribution in [1.29, 1.82) is 0 Å². The predicted octanol–water partition coefficient (Wildman–Crippen LogP) is 1.64. The molecule has 0 spiro atoms. The van der Waals surface area contributed by atoms with E-state index in [1.54, 1.807) is 23.7 Å². The number of ether oxygens (including phenoxy) is 1. The average Bonchev–Trinajstić information content (AvgIpc) is 3.03. The number of nitrogens with zero attached hydrogens (tertiary/aromatic N) is 2. The summed E-state index contributed by atoms with van der Waals surface area (Å²) in [4.78, 5) is 15.9. The van der Waals surface area contributed by atoms with Crippen LogP contribution in [0.25, 0.3) is 11.0 Å². The Balaban J connectivity index is 1.69. The zero-order valence-corrected chi connectivity index (χ0v) is 14.7. The smallest absolute Gasteiger partial charge is 0.276 e. The van der Waals surface area contributed by atoms with Gasteiger partial charge in [0.1, 0.15) is 12.4 Å². The summed E-state index contributed by atoms with van der Waals surface area (Å²) < 4.78 is 30.4. The summed E-state index contributed by atoms with van der Waals surface area (Å²) in [5.74, 6) is -0.0679. The predicted molar refractivity (Wildman–Crippen MR) is 94.0 cm³/mol. The largest absolute Gasteiger partial charge is 0.492 e. The Kier molecular flexibility index (Phi) is 4.92. The molecule has 2 N–H and O–H groups in total. The second kappa shape index (κ2) is 7.14. The van der Waals surface area contributed by atoms with E-state index >= 15 is 0 Å². The van der Waals surface area contributed by atoms with Crippen LogP contribution in [0.5, 0.6) is 5.75 Å². The van der Waals surface area contributed by atoms with E-state index in [1.165, 1.54) is 18.3 Å². The first-order valence-corrected chi connectivity index (χ1v) is 9.60. The lowest BCUT2D eigenvalue weighted by Crippen LogP contribution is -2.18. The summed E-state index contributed by atoms with van der Waals surface area (Å²) in [5, 5.41) is 8.73. The minimum atomic E-state index is -3.23. The lowest BCUT2D eigenvalue weighted by molar-refractivity contribution is 0.0706. The first kappa shape index (κ1) is 17.9. The SMILES string of the molecule is CS(=O)(=O)c1ccc(OCCn2ccc3ncc(C(=O)NO)cc32)cc1. The van der Waals surface area contributed by atoms with Crippen molar-refractivity contribution in [2.24, 2.45) is 0 Å². The van der Waals surface area contributed by atoms with Crippen LogP contribution in [0.3, 0.4) is 0 Å². The molecule has 1 amide bonds. The van der Waals surface area contributed by atoms with Crippen molar-refractivity contribution in [2.45, 2.75) is 11.4 Å². The molecule has 0 fully saturated rings. The van der Waals surface area contributed by atoms with Crippen molar-refractivity contribution in [1.82, 2.24) is 15.0 Å². The van der Waals surface area contributed by atoms with Gasteiger partial charge in [0, 0.05) is 18.6 Å². The number of benzene rings is 1. The monoisotopic (exact) mass is 375 g/mol. The molecule has 2 heterocycles. The van der Waals surface area contributed by atoms with Crippen LogP contribution in [0.2, 0.25) is 0 Å². The molecule has 136 valence electrons. The lowest BCUT2D eigenvalue weighted by atomic mass is 10.2. The Hall–Kier alpha value is -2.91. The number of amides is 1. The van der Waals surface area contributed by atoms with Gasteiger partial charge in [0.2, 0.25) is 0 Å². The van der Waals surface area contributed by atoms with Gasteiger partial charge in [-0.05, 0) is 36.4 Å². The zero-order chi connectivity index (χ0) is 18.7. The lowest BCUT2D eigenvalue weighted by Gasteiger charge is -2.09. The van der Waals surface area contributed by atoms with Crippen LogP contribution in [0.15, 0.2) is 53.7 Å². The fraction of sp³-hybridized carbons (Fsp3) is 0.176. The second-order valence-corrected chi connectivity index (χ2v) is 7.69. The molecule has 0 aliphatic rings. The molecule has 0 atom stereocenters. The van der Waals surface area contributed by atoms with Gasteiger partial charge in [-0.15, -0.1) is 0 Å². The van der Waals surface area contributed by atoms with E-state index in [9.17, 15) is 13.2 Å². The minimum Gasteiger partial charge on any atom is -0.492 e. The maximum absolute atomic E-state index is 11.5. The molecule has 0 saturated carbocycles. The van der Waals surface area contributed by atoms with E-state index in [4.69, 9.17) is 9.94 Å². The highest BCUT2D eigenvalue weighted by atomic mass is 32.2. The molecule has 0 unspecified atom stereocenters. The molecular weight excluding hydrogens is 358 g/mol. The van der Waals surface area contributed by atoms with Crippen molar-refractivity contribution >= 4 is 26.8 Å². The van der Waals surface area contributed by atoms with Crippen LogP contribution in [0, 0.1) is 0 Å². The second-order valence-electron chi connectivity index (χ2n) is 5.67. The fourth-order valence-electron chi connectivity index (χ4n) is 2.49. The highest BCUT2D eigenvalue weighted by Crippen LogP contribution is 2.17. The molecule has 0 radical (unpaired) electrons. The number of sulfone groups is 1. The van der Waals surface area contributed by atoms with E-state index in [2.05, 4.69) is 4.98 Å². The van der Waals surface area contributed by atoms with Gasteiger partial charge in [-0.1, -0.05) is 0 Å². The molecule has 3 aromatic rings. The quantitative estimate of drug-likeness (QED) is 0.501. The van der Waals surface area contributed by atoms with Crippen LogP contribution in [0.4, 0.5) is 0 Å². The Morgan fingerprint density at radius 3 is 2.65 bits per heavy atom. The molecule has 0 aliphatic heterocycles. The number of carbonyl (C=O) groups excluding carboxylic acids is 1. The summed E-state index contributed by atoms with van der Waals surface area (Å²) in [7, 11) is -3.23. The van der Waals surface area contributed by atoms with Crippen molar-refractivity contribution < 1.29 is 23.2 Å². The van der Waals surface area contributed by atoms with Gasteiger partial charge in [-0.3, -0.25) is 15.0 Å². The molecule has 0 aliphatic carbocycles. The number of hydrogen-bond donors (Lipinski definition) is 2. The number of rotatable bonds is 6. The third-order valence-corrected chi connectivity index (χ3v) is 4.96. The standard InChI is InChI=1S/C17H17N3O5S/c1-26(23,24)14-4-2-13(3-5-14)25-9-8-20-7-6-15-16(20)10-12(11-18-15)17(21)19-22/h2-7,10-11,22H,8-9H2,1H3,(H,19,21). The number of carbonyl (C=O) groups is 1. The number of hydrogen-bond acceptors (Lipinski definition) is 6. The van der Waals surface area contributed by atoms with E-state index in [1.807, 2.05) is 16.8 Å². The van der Waals surface area contributed by atoms with Gasteiger partial charge in [-0.25, -0.2) is 13.9 Å². The molecule has 0 saturated heterocycles. The number of hydroxylamine groups is 1. The Labute approximate surface area is 149 Å². The summed E-state index contributed by atoms with van der Waals surface area (Å²) >= 11 is 0. The van der Waals surface area contributed by atoms with Crippen LogP contribution in [-0.2, 0) is 16.4 Å². The van der Waals surface area contributed by atoms with Gasteiger partial charge in [-0.2, -0.15) is 0 Å². The summed E-state index contributed by atoms with van der Waals surface area (Å²) in [5.41, 5.74) is 3.29. The van der Waals surface area contributed by atoms with Crippen LogP contribution < -0.4 is 10.2 Å². The van der Waals surface area contributed by atoms with Gasteiger partial charge in [0.15, 0.2) is 9.84 Å². The van der Waals surface area contributed by atoms with Crippen LogP contribution in [-0.4, -0.2) is 41.9 Å². The highest BCUT2D eigenvalue weighted by molar-refractivity contribution is 7.90. The van der Waals surface area contributed by atoms with E-state index < -0.39 is 15.7 Å². The topological polar surface area (TPSA) is 111 Å². The third-order valence-electron chi connectivity index (χ3n) is 3.84. The minimum absolute atomic E-state index is 0.238. The number of nitrogens with one attached hydrogen (secondary N) is 1. The average molecular weight is 375 g/mol. The van der Waals surface area contributed by atoms with Crippen LogP contribution >= 0.6 is 0 Å². The maximum Gasteiger partial charge on any atom is 0.276 e. The maximum atomic E-state index is 11.5. The molecule has 9 heteroatoms. The van der Waals surface area contributed by atoms with Crippen molar-refractivity contribution in [3.8, 4) is 5.75 Å². The third kappa shape index (κ3) is 3.84. The zero-order valence-electron chi connectivity index (χ0n) is 13.9. The summed E-state index contributed by atoms with van der Waals surface area (Å²) in [6.07, 6.45) is 4.37. The van der Waals surface area contributed by atoms with Gasteiger partial charge < -0.3 is 9.30 Å². The fourth-order valence-corrected chi connectivity index (χ4v) is 3.12. The Morgan fingerprint density at radius 2 is 2.00 bits per heavy atom. The van der Waals surface area contributed by atoms with Gasteiger partial charge in [0.05, 0.1) is 28.0 Å². The molecule has 26 heavy (non-hydrogen) atoms. The van der Waals surface area contributed by atoms with Crippen LogP contribution in [0.1, 0.15) is 10.4 Å². The first-order valence-electron chi connectivity index (χ1n) is 7.71. The Morgan fingerprint density at radius 1 is 1.27 bits per heavy atom. The summed E-state index contributed by atoms with van der Waals surface area (Å²) in [6, 6.07) is 9.66. The molecule has 8 nitrogen and oxygen atoms in total. The molecule has 2 aromatic heterocycles. The van der Waals surface area contributed by atoms with E-state index in [0.717, 1.165) is 17.3 Å². The summed E-state index contributed by atoms with van der Waals surface area (Å²) in [6.45, 7) is 0.849. The molecule has 0 bridgehead atoms. The van der Waals surface area contributed by atoms with Gasteiger partial charge in [0.25, 0.3) is 5.91 Å². The van der Waals surface area contributed by atoms with E-state index in [0.29, 0.717) is 18.9 Å². The molecular formula is C17H17N3O5S. The highest BCUT2D eigenvalue weighted by Gasteiger charge is 2.09. The van der Waals surface area contributed by atoms with Crippen molar-refractivity contribution in [2.75, 3.05) is 12.9 Å². The number of pyridine rings is 1. The van der Waals surface area contributed by atoms with Crippen molar-refractivity contribution in [3.63, 3.8) is 0 Å². The number of fused-ring (bicyclic) bond motifs is 1. The first-order chi connectivity index (χ1) is 12.4. The number of aromatic nitrogens is 2. The van der Waals surface area contributed by atoms with Gasteiger partial charge >= 0.3 is 0 Å². The van der Waals surface area contributed by atoms with Crippen molar-refractivity contribution in [3.05, 3.63) is 54.4 Å². The molecule has 3 rings (SSSR count). The normalized spacial score (nSPS) is 11.5. The Bertz CT molecular complexity index is 1040. The molecule has 1 aromatic carbocycles. The van der Waals surface area contributed by atoms with E-state index in [-0.39, 0.29) is 10.5 Å².